The van der Waals surface area contributed by atoms with Crippen LogP contribution in [0.3, 0.4) is 0 Å². The number of nitrogens with zero attached hydrogens (tertiary/aromatic N) is 1. The highest BCUT2D eigenvalue weighted by Gasteiger charge is 2.20. The molecular formula is C15H24N2O2S. The molecule has 0 radical (unpaired) electrons. The average Bonchev–Trinajstić information content (AvgIpc) is 2.41. The third kappa shape index (κ3) is 3.52. The van der Waals surface area contributed by atoms with Crippen LogP contribution in [0.4, 0.5) is 5.69 Å². The SMILES string of the molecule is CC1CCC(Nc2cccc(S(=O)(=O)N(C)C)c2)CC1. The van der Waals surface area contributed by atoms with E-state index < -0.39 is 10.0 Å². The van der Waals surface area contributed by atoms with Crippen LogP contribution in [0.25, 0.3) is 0 Å². The maximum Gasteiger partial charge on any atom is 0.242 e. The number of hydrogen-bond acceptors (Lipinski definition) is 3. The van der Waals surface area contributed by atoms with E-state index in [0.29, 0.717) is 10.9 Å². The van der Waals surface area contributed by atoms with Gasteiger partial charge in [0, 0.05) is 25.8 Å². The molecule has 5 heteroatoms. The van der Waals surface area contributed by atoms with E-state index in [4.69, 9.17) is 0 Å². The predicted octanol–water partition coefficient (Wildman–Crippen LogP) is 2.93. The summed E-state index contributed by atoms with van der Waals surface area (Å²) in [7, 11) is -0.249. The van der Waals surface area contributed by atoms with E-state index in [9.17, 15) is 8.42 Å². The van der Waals surface area contributed by atoms with E-state index in [1.807, 2.05) is 6.07 Å². The van der Waals surface area contributed by atoms with Crippen molar-refractivity contribution >= 4 is 15.7 Å². The van der Waals surface area contributed by atoms with Crippen LogP contribution in [0.2, 0.25) is 0 Å². The molecule has 1 saturated carbocycles. The molecule has 0 bridgehead atoms. The molecule has 0 saturated heterocycles. The Kier molecular flexibility index (Phi) is 4.70. The second kappa shape index (κ2) is 6.14. The predicted molar refractivity (Wildman–Crippen MR) is 82.4 cm³/mol. The first-order valence-electron chi connectivity index (χ1n) is 7.18. The summed E-state index contributed by atoms with van der Waals surface area (Å²) < 4.78 is 25.5. The maximum absolute atomic E-state index is 12.1. The van der Waals surface area contributed by atoms with Crippen LogP contribution in [-0.4, -0.2) is 32.9 Å². The van der Waals surface area contributed by atoms with Crippen molar-refractivity contribution in [1.29, 1.82) is 0 Å². The third-order valence-corrected chi connectivity index (χ3v) is 5.81. The standard InChI is InChI=1S/C15H24N2O2S/c1-12-7-9-13(10-8-12)16-14-5-4-6-15(11-14)20(18,19)17(2)3/h4-6,11-13,16H,7-10H2,1-3H3. The second-order valence-electron chi connectivity index (χ2n) is 5.92. The van der Waals surface area contributed by atoms with Crippen LogP contribution in [0, 0.1) is 5.92 Å². The molecule has 1 aliphatic rings. The van der Waals surface area contributed by atoms with Crippen LogP contribution >= 0.6 is 0 Å². The fourth-order valence-corrected chi connectivity index (χ4v) is 3.55. The maximum atomic E-state index is 12.1. The zero-order chi connectivity index (χ0) is 14.8. The molecule has 0 spiro atoms. The molecule has 0 aliphatic heterocycles. The monoisotopic (exact) mass is 296 g/mol. The van der Waals surface area contributed by atoms with E-state index in [2.05, 4.69) is 12.2 Å². The molecule has 0 atom stereocenters. The van der Waals surface area contributed by atoms with E-state index in [-0.39, 0.29) is 0 Å². The number of sulfonamides is 1. The summed E-state index contributed by atoms with van der Waals surface area (Å²) in [4.78, 5) is 0.344. The van der Waals surface area contributed by atoms with Gasteiger partial charge in [0.15, 0.2) is 0 Å². The van der Waals surface area contributed by atoms with Gasteiger partial charge in [-0.05, 0) is 49.8 Å². The molecule has 1 N–H and O–H groups in total. The number of nitrogens with one attached hydrogen (secondary N) is 1. The normalized spacial score (nSPS) is 23.8. The Hall–Kier alpha value is -1.07. The second-order valence-corrected chi connectivity index (χ2v) is 8.07. The van der Waals surface area contributed by atoms with Crippen LogP contribution in [0.15, 0.2) is 29.2 Å². The highest BCUT2D eigenvalue weighted by atomic mass is 32.2. The third-order valence-electron chi connectivity index (χ3n) is 4.00. The zero-order valence-corrected chi connectivity index (χ0v) is 13.3. The van der Waals surface area contributed by atoms with Gasteiger partial charge in [-0.15, -0.1) is 0 Å². The molecule has 0 heterocycles. The number of rotatable bonds is 4. The van der Waals surface area contributed by atoms with Gasteiger partial charge in [0.2, 0.25) is 10.0 Å². The smallest absolute Gasteiger partial charge is 0.242 e. The summed E-state index contributed by atoms with van der Waals surface area (Å²) in [6.07, 6.45) is 4.80. The molecule has 20 heavy (non-hydrogen) atoms. The average molecular weight is 296 g/mol. The van der Waals surface area contributed by atoms with Crippen molar-refractivity contribution in [2.75, 3.05) is 19.4 Å². The quantitative estimate of drug-likeness (QED) is 0.929. The van der Waals surface area contributed by atoms with Crippen LogP contribution < -0.4 is 5.32 Å². The van der Waals surface area contributed by atoms with Crippen molar-refractivity contribution in [3.63, 3.8) is 0 Å². The Morgan fingerprint density at radius 2 is 1.80 bits per heavy atom. The largest absolute Gasteiger partial charge is 0.382 e. The van der Waals surface area contributed by atoms with Crippen molar-refractivity contribution < 1.29 is 8.42 Å². The Bertz CT molecular complexity index is 547. The molecule has 0 amide bonds. The number of benzene rings is 1. The van der Waals surface area contributed by atoms with E-state index in [0.717, 1.165) is 24.4 Å². The highest BCUT2D eigenvalue weighted by Crippen LogP contribution is 2.27. The molecule has 2 rings (SSSR count). The van der Waals surface area contributed by atoms with Crippen molar-refractivity contribution in [2.45, 2.75) is 43.5 Å². The molecule has 0 aromatic heterocycles. The van der Waals surface area contributed by atoms with Gasteiger partial charge in [0.05, 0.1) is 4.90 Å². The van der Waals surface area contributed by atoms with Crippen molar-refractivity contribution in [3.05, 3.63) is 24.3 Å². The molecule has 112 valence electrons. The Morgan fingerprint density at radius 3 is 2.40 bits per heavy atom. The van der Waals surface area contributed by atoms with Gasteiger partial charge in [-0.2, -0.15) is 0 Å². The van der Waals surface area contributed by atoms with Gasteiger partial charge >= 0.3 is 0 Å². The summed E-state index contributed by atoms with van der Waals surface area (Å²) in [5.41, 5.74) is 0.896. The fraction of sp³-hybridized carbons (Fsp3) is 0.600. The molecule has 4 nitrogen and oxygen atoms in total. The first-order chi connectivity index (χ1) is 9.39. The number of anilines is 1. The lowest BCUT2D eigenvalue weighted by atomic mass is 9.87. The zero-order valence-electron chi connectivity index (χ0n) is 12.5. The first kappa shape index (κ1) is 15.3. The molecule has 1 aromatic carbocycles. The van der Waals surface area contributed by atoms with Gasteiger partial charge in [0.1, 0.15) is 0 Å². The lowest BCUT2D eigenvalue weighted by Crippen LogP contribution is -2.25. The summed E-state index contributed by atoms with van der Waals surface area (Å²) in [6, 6.07) is 7.57. The summed E-state index contributed by atoms with van der Waals surface area (Å²) in [5, 5.41) is 3.47. The van der Waals surface area contributed by atoms with Crippen LogP contribution in [-0.2, 0) is 10.0 Å². The molecule has 1 aromatic rings. The summed E-state index contributed by atoms with van der Waals surface area (Å²) >= 11 is 0. The Labute approximate surface area is 122 Å². The van der Waals surface area contributed by atoms with Crippen LogP contribution in [0.5, 0.6) is 0 Å². The van der Waals surface area contributed by atoms with Crippen molar-refractivity contribution in [2.24, 2.45) is 5.92 Å². The minimum absolute atomic E-state index is 0.344. The Balaban J connectivity index is 2.11. The molecule has 1 fully saturated rings. The molecule has 0 unspecified atom stereocenters. The van der Waals surface area contributed by atoms with Gasteiger partial charge in [-0.1, -0.05) is 13.0 Å². The fourth-order valence-electron chi connectivity index (χ4n) is 2.60. The summed E-state index contributed by atoms with van der Waals surface area (Å²) in [5.74, 6) is 0.813. The van der Waals surface area contributed by atoms with Gasteiger partial charge < -0.3 is 5.32 Å². The molecule has 1 aliphatic carbocycles. The lowest BCUT2D eigenvalue weighted by Gasteiger charge is -2.28. The van der Waals surface area contributed by atoms with Crippen LogP contribution in [0.1, 0.15) is 32.6 Å². The summed E-state index contributed by atoms with van der Waals surface area (Å²) in [6.45, 7) is 2.29. The molecular weight excluding hydrogens is 272 g/mol. The van der Waals surface area contributed by atoms with Crippen molar-refractivity contribution in [3.8, 4) is 0 Å². The highest BCUT2D eigenvalue weighted by molar-refractivity contribution is 7.89. The topological polar surface area (TPSA) is 49.4 Å². The Morgan fingerprint density at radius 1 is 1.15 bits per heavy atom. The lowest BCUT2D eigenvalue weighted by molar-refractivity contribution is 0.361. The van der Waals surface area contributed by atoms with E-state index >= 15 is 0 Å². The minimum Gasteiger partial charge on any atom is -0.382 e. The first-order valence-corrected chi connectivity index (χ1v) is 8.62. The van der Waals surface area contributed by atoms with E-state index in [1.165, 1.54) is 17.1 Å². The van der Waals surface area contributed by atoms with Gasteiger partial charge in [-0.3, -0.25) is 0 Å². The van der Waals surface area contributed by atoms with Gasteiger partial charge in [0.25, 0.3) is 0 Å². The van der Waals surface area contributed by atoms with Gasteiger partial charge in [-0.25, -0.2) is 12.7 Å². The van der Waals surface area contributed by atoms with Crippen molar-refractivity contribution in [1.82, 2.24) is 4.31 Å². The number of hydrogen-bond donors (Lipinski definition) is 1. The minimum atomic E-state index is -3.36. The van der Waals surface area contributed by atoms with E-state index in [1.54, 1.807) is 32.3 Å².